The predicted molar refractivity (Wildman–Crippen MR) is 112 cm³/mol. The zero-order chi connectivity index (χ0) is 19.6. The van der Waals surface area contributed by atoms with Gasteiger partial charge in [-0.1, -0.05) is 30.3 Å². The summed E-state index contributed by atoms with van der Waals surface area (Å²) in [5.41, 5.74) is 2.42. The van der Waals surface area contributed by atoms with E-state index in [0.717, 1.165) is 49.1 Å². The second-order valence-electron chi connectivity index (χ2n) is 6.30. The van der Waals surface area contributed by atoms with Crippen molar-refractivity contribution in [1.29, 1.82) is 0 Å². The Morgan fingerprint density at radius 1 is 0.786 bits per heavy atom. The first-order valence-corrected chi connectivity index (χ1v) is 9.33. The third kappa shape index (κ3) is 5.61. The van der Waals surface area contributed by atoms with Crippen molar-refractivity contribution in [3.63, 3.8) is 0 Å². The fourth-order valence-electron chi connectivity index (χ4n) is 2.91. The Kier molecular flexibility index (Phi) is 7.07. The number of ether oxygens (including phenoxy) is 2. The monoisotopic (exact) mass is 378 g/mol. The molecule has 0 spiro atoms. The molecule has 1 heterocycles. The van der Waals surface area contributed by atoms with Gasteiger partial charge in [-0.05, 0) is 42.2 Å². The average Bonchev–Trinajstić information content (AvgIpc) is 2.75. The third-order valence-corrected chi connectivity index (χ3v) is 4.44. The zero-order valence-electron chi connectivity index (χ0n) is 16.3. The summed E-state index contributed by atoms with van der Waals surface area (Å²) in [6.45, 7) is 1.56. The second-order valence-corrected chi connectivity index (χ2v) is 6.30. The summed E-state index contributed by atoms with van der Waals surface area (Å²) in [5, 5.41) is 6.69. The quantitative estimate of drug-likeness (QED) is 0.559. The molecule has 6 nitrogen and oxygen atoms in total. The van der Waals surface area contributed by atoms with Crippen molar-refractivity contribution in [2.75, 3.05) is 37.9 Å². The Labute approximate surface area is 166 Å². The number of anilines is 2. The molecule has 0 aliphatic carbocycles. The van der Waals surface area contributed by atoms with E-state index in [1.807, 2.05) is 36.4 Å². The van der Waals surface area contributed by atoms with Crippen molar-refractivity contribution in [2.45, 2.75) is 12.8 Å². The Morgan fingerprint density at radius 3 is 2.14 bits per heavy atom. The maximum atomic E-state index is 5.39. The summed E-state index contributed by atoms with van der Waals surface area (Å²) in [4.78, 5) is 8.58. The molecule has 0 radical (unpaired) electrons. The summed E-state index contributed by atoms with van der Waals surface area (Å²) in [7, 11) is 3.37. The lowest BCUT2D eigenvalue weighted by Gasteiger charge is -2.10. The number of rotatable bonds is 10. The number of hydrogen-bond donors (Lipinski definition) is 2. The summed E-state index contributed by atoms with van der Waals surface area (Å²) in [6.07, 6.45) is 3.33. The van der Waals surface area contributed by atoms with Crippen molar-refractivity contribution >= 4 is 11.6 Å². The molecule has 0 aliphatic rings. The van der Waals surface area contributed by atoms with Crippen LogP contribution < -0.4 is 20.1 Å². The molecule has 0 bridgehead atoms. The topological polar surface area (TPSA) is 68.3 Å². The highest BCUT2D eigenvalue weighted by Gasteiger charge is 2.03. The lowest BCUT2D eigenvalue weighted by Crippen LogP contribution is -2.10. The molecule has 0 atom stereocenters. The molecular weight excluding hydrogens is 352 g/mol. The van der Waals surface area contributed by atoms with Gasteiger partial charge in [0.25, 0.3) is 0 Å². The molecule has 146 valence electrons. The van der Waals surface area contributed by atoms with Crippen molar-refractivity contribution in [3.8, 4) is 11.5 Å². The van der Waals surface area contributed by atoms with Crippen LogP contribution >= 0.6 is 0 Å². The number of nitrogens with one attached hydrogen (secondary N) is 2. The third-order valence-electron chi connectivity index (χ3n) is 4.44. The van der Waals surface area contributed by atoms with Gasteiger partial charge in [-0.3, -0.25) is 0 Å². The number of para-hydroxylation sites is 1. The smallest absolute Gasteiger partial charge is 0.131 e. The minimum absolute atomic E-state index is 0.767. The zero-order valence-corrected chi connectivity index (χ0v) is 16.3. The van der Waals surface area contributed by atoms with Gasteiger partial charge in [-0.25, -0.2) is 9.97 Å². The second kappa shape index (κ2) is 10.2. The van der Waals surface area contributed by atoms with E-state index >= 15 is 0 Å². The predicted octanol–water partition coefficient (Wildman–Crippen LogP) is 3.80. The van der Waals surface area contributed by atoms with E-state index < -0.39 is 0 Å². The number of nitrogens with zero attached hydrogens (tertiary/aromatic N) is 2. The summed E-state index contributed by atoms with van der Waals surface area (Å²) >= 11 is 0. The molecule has 2 N–H and O–H groups in total. The summed E-state index contributed by atoms with van der Waals surface area (Å²) < 4.78 is 10.6. The molecule has 0 aliphatic heterocycles. The van der Waals surface area contributed by atoms with Crippen molar-refractivity contribution in [2.24, 2.45) is 0 Å². The molecule has 0 amide bonds. The largest absolute Gasteiger partial charge is 0.497 e. The summed E-state index contributed by atoms with van der Waals surface area (Å²) in [6, 6.07) is 18.1. The molecule has 1 aromatic heterocycles. The lowest BCUT2D eigenvalue weighted by atomic mass is 10.1. The standard InChI is InChI=1S/C22H26N4O2/c1-27-19-9-7-17(8-10-19)11-13-23-21-15-22(26-16-25-21)24-14-12-18-5-3-4-6-20(18)28-2/h3-10,15-16H,11-14H2,1-2H3,(H2,23,24,25,26). The van der Waals surface area contributed by atoms with Crippen LogP contribution in [0.5, 0.6) is 11.5 Å². The summed E-state index contributed by atoms with van der Waals surface area (Å²) in [5.74, 6) is 3.39. The Morgan fingerprint density at radius 2 is 1.46 bits per heavy atom. The fraction of sp³-hybridized carbons (Fsp3) is 0.273. The first kappa shape index (κ1) is 19.5. The van der Waals surface area contributed by atoms with Crippen molar-refractivity contribution in [1.82, 2.24) is 9.97 Å². The van der Waals surface area contributed by atoms with E-state index in [9.17, 15) is 0 Å². The average molecular weight is 378 g/mol. The highest BCUT2D eigenvalue weighted by molar-refractivity contribution is 5.46. The lowest BCUT2D eigenvalue weighted by molar-refractivity contribution is 0.410. The number of methoxy groups -OCH3 is 2. The normalized spacial score (nSPS) is 10.4. The van der Waals surface area contributed by atoms with Gasteiger partial charge in [0.1, 0.15) is 29.5 Å². The first-order valence-electron chi connectivity index (χ1n) is 9.33. The van der Waals surface area contributed by atoms with Gasteiger partial charge in [0.15, 0.2) is 0 Å². The molecule has 6 heteroatoms. The molecule has 28 heavy (non-hydrogen) atoms. The Balaban J connectivity index is 1.46. The number of aromatic nitrogens is 2. The van der Waals surface area contributed by atoms with Gasteiger partial charge in [-0.2, -0.15) is 0 Å². The van der Waals surface area contributed by atoms with E-state index in [1.54, 1.807) is 20.5 Å². The minimum atomic E-state index is 0.767. The maximum absolute atomic E-state index is 5.39. The van der Waals surface area contributed by atoms with Gasteiger partial charge in [0.2, 0.25) is 0 Å². The molecule has 0 unspecified atom stereocenters. The molecule has 0 saturated carbocycles. The SMILES string of the molecule is COc1ccc(CCNc2cc(NCCc3ccccc3OC)ncn2)cc1. The van der Waals surface area contributed by atoms with E-state index in [0.29, 0.717) is 0 Å². The van der Waals surface area contributed by atoms with Crippen molar-refractivity contribution < 1.29 is 9.47 Å². The van der Waals surface area contributed by atoms with Crippen LogP contribution in [0.2, 0.25) is 0 Å². The van der Waals surface area contributed by atoms with Crippen LogP contribution in [0.25, 0.3) is 0 Å². The highest BCUT2D eigenvalue weighted by atomic mass is 16.5. The van der Waals surface area contributed by atoms with Crippen LogP contribution in [0, 0.1) is 0 Å². The minimum Gasteiger partial charge on any atom is -0.497 e. The first-order chi connectivity index (χ1) is 13.8. The molecule has 0 saturated heterocycles. The molecule has 3 aromatic rings. The fourth-order valence-corrected chi connectivity index (χ4v) is 2.91. The van der Waals surface area contributed by atoms with Crippen molar-refractivity contribution in [3.05, 3.63) is 72.1 Å². The van der Waals surface area contributed by atoms with Gasteiger partial charge >= 0.3 is 0 Å². The number of hydrogen-bond acceptors (Lipinski definition) is 6. The van der Waals surface area contributed by atoms with Crippen LogP contribution in [0.4, 0.5) is 11.6 Å². The van der Waals surface area contributed by atoms with Crippen LogP contribution in [0.15, 0.2) is 60.9 Å². The van der Waals surface area contributed by atoms with Gasteiger partial charge < -0.3 is 20.1 Å². The number of benzene rings is 2. The van der Waals surface area contributed by atoms with Crippen LogP contribution in [-0.4, -0.2) is 37.3 Å². The van der Waals surface area contributed by atoms with E-state index in [-0.39, 0.29) is 0 Å². The molecule has 0 fully saturated rings. The van der Waals surface area contributed by atoms with Gasteiger partial charge in [-0.15, -0.1) is 0 Å². The highest BCUT2D eigenvalue weighted by Crippen LogP contribution is 2.18. The van der Waals surface area contributed by atoms with Crippen LogP contribution in [0.1, 0.15) is 11.1 Å². The molecule has 2 aromatic carbocycles. The van der Waals surface area contributed by atoms with Crippen LogP contribution in [0.3, 0.4) is 0 Å². The van der Waals surface area contributed by atoms with Gasteiger partial charge in [0, 0.05) is 19.2 Å². The Bertz CT molecular complexity index is 868. The Hall–Kier alpha value is -3.28. The van der Waals surface area contributed by atoms with Crippen LogP contribution in [-0.2, 0) is 12.8 Å². The maximum Gasteiger partial charge on any atom is 0.131 e. The molecular formula is C22H26N4O2. The van der Waals surface area contributed by atoms with Gasteiger partial charge in [0.05, 0.1) is 14.2 Å². The molecule has 3 rings (SSSR count). The van der Waals surface area contributed by atoms with E-state index in [1.165, 1.54) is 11.1 Å². The van der Waals surface area contributed by atoms with E-state index in [2.05, 4.69) is 38.8 Å². The van der Waals surface area contributed by atoms with E-state index in [4.69, 9.17) is 9.47 Å².